The first kappa shape index (κ1) is 22.3. The van der Waals surface area contributed by atoms with E-state index in [-0.39, 0.29) is 11.8 Å². The molecule has 1 fully saturated rings. The van der Waals surface area contributed by atoms with Crippen molar-refractivity contribution in [3.05, 3.63) is 65.6 Å². The first-order valence-electron chi connectivity index (χ1n) is 11.0. The summed E-state index contributed by atoms with van der Waals surface area (Å²) in [5.41, 5.74) is 3.63. The SMILES string of the molecule is COc1cc(Cc2nccc(-c3ccc(OC)c(C#N)c3)n2)cc(NC(=O)C2CCCC2)c1. The van der Waals surface area contributed by atoms with Gasteiger partial charge in [-0.25, -0.2) is 9.97 Å². The van der Waals surface area contributed by atoms with E-state index in [1.54, 1.807) is 25.4 Å². The van der Waals surface area contributed by atoms with Crippen molar-refractivity contribution in [2.75, 3.05) is 19.5 Å². The van der Waals surface area contributed by atoms with E-state index in [0.29, 0.717) is 35.0 Å². The molecule has 2 aromatic carbocycles. The Morgan fingerprint density at radius 3 is 2.67 bits per heavy atom. The second-order valence-electron chi connectivity index (χ2n) is 8.10. The minimum Gasteiger partial charge on any atom is -0.497 e. The monoisotopic (exact) mass is 442 g/mol. The molecule has 1 saturated carbocycles. The van der Waals surface area contributed by atoms with Crippen LogP contribution in [0.3, 0.4) is 0 Å². The third-order valence-corrected chi connectivity index (χ3v) is 5.88. The topological polar surface area (TPSA) is 97.1 Å². The Morgan fingerprint density at radius 1 is 1.12 bits per heavy atom. The van der Waals surface area contributed by atoms with Gasteiger partial charge in [0.15, 0.2) is 0 Å². The van der Waals surface area contributed by atoms with Gasteiger partial charge in [0.2, 0.25) is 5.91 Å². The number of hydrogen-bond donors (Lipinski definition) is 1. The fourth-order valence-electron chi connectivity index (χ4n) is 4.17. The molecular formula is C26H26N4O3. The Kier molecular flexibility index (Phi) is 6.84. The summed E-state index contributed by atoms with van der Waals surface area (Å²) in [5, 5.41) is 12.4. The van der Waals surface area contributed by atoms with Crippen LogP contribution < -0.4 is 14.8 Å². The molecule has 1 aliphatic rings. The van der Waals surface area contributed by atoms with E-state index in [1.807, 2.05) is 30.3 Å². The van der Waals surface area contributed by atoms with Gasteiger partial charge >= 0.3 is 0 Å². The summed E-state index contributed by atoms with van der Waals surface area (Å²) in [5.74, 6) is 1.97. The van der Waals surface area contributed by atoms with Crippen molar-refractivity contribution in [3.63, 3.8) is 0 Å². The van der Waals surface area contributed by atoms with Gasteiger partial charge in [0, 0.05) is 35.9 Å². The molecule has 1 heterocycles. The van der Waals surface area contributed by atoms with E-state index in [2.05, 4.69) is 21.4 Å². The number of nitriles is 1. The van der Waals surface area contributed by atoms with Crippen LogP contribution in [-0.4, -0.2) is 30.1 Å². The van der Waals surface area contributed by atoms with Crippen LogP contribution in [0.5, 0.6) is 11.5 Å². The van der Waals surface area contributed by atoms with E-state index >= 15 is 0 Å². The number of anilines is 1. The summed E-state index contributed by atoms with van der Waals surface area (Å²) in [6.07, 6.45) is 6.29. The summed E-state index contributed by atoms with van der Waals surface area (Å²) in [7, 11) is 3.15. The van der Waals surface area contributed by atoms with E-state index in [1.165, 1.54) is 7.11 Å². The van der Waals surface area contributed by atoms with E-state index in [0.717, 1.165) is 42.5 Å². The molecule has 7 heteroatoms. The van der Waals surface area contributed by atoms with E-state index in [9.17, 15) is 10.1 Å². The second-order valence-corrected chi connectivity index (χ2v) is 8.10. The molecule has 4 rings (SSSR count). The van der Waals surface area contributed by atoms with Crippen molar-refractivity contribution in [2.24, 2.45) is 5.92 Å². The van der Waals surface area contributed by atoms with Crippen LogP contribution in [0.1, 0.15) is 42.6 Å². The van der Waals surface area contributed by atoms with Crippen molar-refractivity contribution < 1.29 is 14.3 Å². The number of benzene rings is 2. The molecule has 1 amide bonds. The molecule has 0 saturated heterocycles. The minimum absolute atomic E-state index is 0.0674. The molecule has 0 spiro atoms. The molecule has 33 heavy (non-hydrogen) atoms. The van der Waals surface area contributed by atoms with Gasteiger partial charge in [-0.3, -0.25) is 4.79 Å². The van der Waals surface area contributed by atoms with Crippen LogP contribution in [0.25, 0.3) is 11.3 Å². The lowest BCUT2D eigenvalue weighted by Gasteiger charge is -2.13. The fraction of sp³-hybridized carbons (Fsp3) is 0.308. The lowest BCUT2D eigenvalue weighted by molar-refractivity contribution is -0.119. The van der Waals surface area contributed by atoms with Gasteiger partial charge in [-0.1, -0.05) is 12.8 Å². The minimum atomic E-state index is 0.0674. The van der Waals surface area contributed by atoms with Gasteiger partial charge in [0.1, 0.15) is 23.4 Å². The summed E-state index contributed by atoms with van der Waals surface area (Å²) >= 11 is 0. The van der Waals surface area contributed by atoms with Crippen molar-refractivity contribution >= 4 is 11.6 Å². The molecule has 0 radical (unpaired) electrons. The zero-order chi connectivity index (χ0) is 23.2. The van der Waals surface area contributed by atoms with Crippen LogP contribution >= 0.6 is 0 Å². The van der Waals surface area contributed by atoms with Crippen LogP contribution in [-0.2, 0) is 11.2 Å². The highest BCUT2D eigenvalue weighted by atomic mass is 16.5. The van der Waals surface area contributed by atoms with Gasteiger partial charge < -0.3 is 14.8 Å². The Morgan fingerprint density at radius 2 is 1.94 bits per heavy atom. The zero-order valence-corrected chi connectivity index (χ0v) is 18.8. The molecule has 0 bridgehead atoms. The van der Waals surface area contributed by atoms with Gasteiger partial charge in [-0.2, -0.15) is 5.26 Å². The van der Waals surface area contributed by atoms with Crippen LogP contribution in [0.2, 0.25) is 0 Å². The molecular weight excluding hydrogens is 416 g/mol. The average Bonchev–Trinajstić information content (AvgIpc) is 3.39. The second kappa shape index (κ2) is 10.1. The Bertz CT molecular complexity index is 1200. The van der Waals surface area contributed by atoms with E-state index < -0.39 is 0 Å². The number of ether oxygens (including phenoxy) is 2. The van der Waals surface area contributed by atoms with E-state index in [4.69, 9.17) is 9.47 Å². The first-order valence-corrected chi connectivity index (χ1v) is 11.0. The number of hydrogen-bond acceptors (Lipinski definition) is 6. The van der Waals surface area contributed by atoms with Gasteiger partial charge in [-0.05, 0) is 54.8 Å². The number of carbonyl (C=O) groups is 1. The van der Waals surface area contributed by atoms with Crippen LogP contribution in [0.4, 0.5) is 5.69 Å². The predicted octanol–water partition coefficient (Wildman–Crippen LogP) is 4.75. The predicted molar refractivity (Wildman–Crippen MR) is 125 cm³/mol. The highest BCUT2D eigenvalue weighted by molar-refractivity contribution is 5.93. The average molecular weight is 443 g/mol. The van der Waals surface area contributed by atoms with Gasteiger partial charge in [-0.15, -0.1) is 0 Å². The summed E-state index contributed by atoms with van der Waals surface area (Å²) in [4.78, 5) is 21.7. The summed E-state index contributed by atoms with van der Waals surface area (Å²) in [6, 6.07) is 15.0. The number of carbonyl (C=O) groups excluding carboxylic acids is 1. The highest BCUT2D eigenvalue weighted by Gasteiger charge is 2.23. The van der Waals surface area contributed by atoms with Crippen LogP contribution in [0, 0.1) is 17.2 Å². The number of nitrogens with zero attached hydrogens (tertiary/aromatic N) is 3. The highest BCUT2D eigenvalue weighted by Crippen LogP contribution is 2.28. The number of nitrogens with one attached hydrogen (secondary N) is 1. The molecule has 1 aromatic heterocycles. The molecule has 168 valence electrons. The molecule has 1 aliphatic carbocycles. The van der Waals surface area contributed by atoms with Gasteiger partial charge in [0.05, 0.1) is 25.5 Å². The molecule has 0 unspecified atom stereocenters. The zero-order valence-electron chi connectivity index (χ0n) is 18.8. The van der Waals surface area contributed by atoms with Crippen molar-refractivity contribution in [1.29, 1.82) is 5.26 Å². The maximum absolute atomic E-state index is 12.6. The Balaban J connectivity index is 1.56. The van der Waals surface area contributed by atoms with Gasteiger partial charge in [0.25, 0.3) is 0 Å². The third-order valence-electron chi connectivity index (χ3n) is 5.88. The maximum atomic E-state index is 12.6. The molecule has 7 nitrogen and oxygen atoms in total. The van der Waals surface area contributed by atoms with Crippen molar-refractivity contribution in [3.8, 4) is 28.8 Å². The Labute approximate surface area is 193 Å². The molecule has 3 aromatic rings. The standard InChI is InChI=1S/C26H26N4O3/c1-32-22-12-17(11-21(15-22)29-26(31)18-5-3-4-6-18)13-25-28-10-9-23(30-25)19-7-8-24(33-2)20(14-19)16-27/h7-12,14-15,18H,3-6,13H2,1-2H3,(H,29,31). The third kappa shape index (κ3) is 5.29. The summed E-state index contributed by atoms with van der Waals surface area (Å²) < 4.78 is 10.7. The largest absolute Gasteiger partial charge is 0.497 e. The maximum Gasteiger partial charge on any atom is 0.227 e. The summed E-state index contributed by atoms with van der Waals surface area (Å²) in [6.45, 7) is 0. The molecule has 0 aliphatic heterocycles. The van der Waals surface area contributed by atoms with Crippen molar-refractivity contribution in [2.45, 2.75) is 32.1 Å². The number of amides is 1. The fourth-order valence-corrected chi connectivity index (χ4v) is 4.17. The molecule has 0 atom stereocenters. The normalized spacial score (nSPS) is 13.4. The first-order chi connectivity index (χ1) is 16.1. The smallest absolute Gasteiger partial charge is 0.227 e. The van der Waals surface area contributed by atoms with Crippen molar-refractivity contribution in [1.82, 2.24) is 9.97 Å². The quantitative estimate of drug-likeness (QED) is 0.567. The number of rotatable bonds is 7. The Hall–Kier alpha value is -3.92. The van der Waals surface area contributed by atoms with Crippen LogP contribution in [0.15, 0.2) is 48.7 Å². The lowest BCUT2D eigenvalue weighted by atomic mass is 10.1. The number of aromatic nitrogens is 2. The number of methoxy groups -OCH3 is 2. The lowest BCUT2D eigenvalue weighted by Crippen LogP contribution is -2.20. The molecule has 1 N–H and O–H groups in total.